The first-order chi connectivity index (χ1) is 15.5. The summed E-state index contributed by atoms with van der Waals surface area (Å²) in [6.45, 7) is 1.78. The van der Waals surface area contributed by atoms with Crippen LogP contribution in [0.5, 0.6) is 0 Å². The van der Waals surface area contributed by atoms with E-state index >= 15 is 4.39 Å². The number of hydrogen-bond acceptors (Lipinski definition) is 5. The summed E-state index contributed by atoms with van der Waals surface area (Å²) in [4.78, 5) is 17.9. The zero-order valence-corrected chi connectivity index (χ0v) is 17.6. The molecule has 4 aromatic rings. The van der Waals surface area contributed by atoms with E-state index in [4.69, 9.17) is 9.15 Å². The first kappa shape index (κ1) is 21.1. The van der Waals surface area contributed by atoms with Crippen LogP contribution in [0.15, 0.2) is 65.1 Å². The Labute approximate surface area is 184 Å². The highest BCUT2D eigenvalue weighted by Gasteiger charge is 2.24. The zero-order valence-electron chi connectivity index (χ0n) is 17.6. The number of nitrogens with zero attached hydrogens (tertiary/aromatic N) is 3. The minimum Gasteiger partial charge on any atom is -0.445 e. The van der Waals surface area contributed by atoms with Crippen LogP contribution in [0.4, 0.5) is 9.18 Å². The maximum absolute atomic E-state index is 15.4. The van der Waals surface area contributed by atoms with E-state index in [9.17, 15) is 10.1 Å². The predicted molar refractivity (Wildman–Crippen MR) is 117 cm³/mol. The Hall–Kier alpha value is -4.18. The molecule has 0 saturated carbocycles. The standard InChI is InChI=1S/C25H20FN3O3/c1-16-19(13-27)23-24(22(26)21(16)18-11-7-4-8-12-18)32-20(28-23)14-29(2)25(30)31-15-17-9-5-3-6-10-17/h3-12H,14-15H2,1-2H3. The molecule has 0 saturated heterocycles. The molecular formula is C25H20FN3O3. The molecule has 1 aromatic heterocycles. The van der Waals surface area contributed by atoms with E-state index in [0.29, 0.717) is 16.7 Å². The van der Waals surface area contributed by atoms with E-state index in [1.165, 1.54) is 11.9 Å². The molecule has 0 aliphatic carbocycles. The summed E-state index contributed by atoms with van der Waals surface area (Å²) in [7, 11) is 1.53. The lowest BCUT2D eigenvalue weighted by atomic mass is 9.95. The van der Waals surface area contributed by atoms with Crippen molar-refractivity contribution >= 4 is 17.2 Å². The van der Waals surface area contributed by atoms with Gasteiger partial charge in [-0.3, -0.25) is 0 Å². The van der Waals surface area contributed by atoms with Gasteiger partial charge in [0.2, 0.25) is 5.89 Å². The molecule has 160 valence electrons. The maximum Gasteiger partial charge on any atom is 0.410 e. The molecule has 0 spiro atoms. The third-order valence-corrected chi connectivity index (χ3v) is 5.14. The molecule has 1 heterocycles. The number of ether oxygens (including phenoxy) is 1. The quantitative estimate of drug-likeness (QED) is 0.414. The normalized spacial score (nSPS) is 10.7. The van der Waals surface area contributed by atoms with Gasteiger partial charge in [-0.15, -0.1) is 0 Å². The highest BCUT2D eigenvalue weighted by Crippen LogP contribution is 2.35. The average molecular weight is 429 g/mol. The van der Waals surface area contributed by atoms with Crippen LogP contribution in [0.25, 0.3) is 22.2 Å². The predicted octanol–water partition coefficient (Wildman–Crippen LogP) is 5.58. The first-order valence-corrected chi connectivity index (χ1v) is 9.98. The highest BCUT2D eigenvalue weighted by atomic mass is 19.1. The lowest BCUT2D eigenvalue weighted by molar-refractivity contribution is 0.1000. The van der Waals surface area contributed by atoms with E-state index in [2.05, 4.69) is 11.1 Å². The number of oxazole rings is 1. The van der Waals surface area contributed by atoms with Gasteiger partial charge in [-0.2, -0.15) is 5.26 Å². The van der Waals surface area contributed by atoms with Crippen molar-refractivity contribution in [3.05, 3.63) is 89.1 Å². The number of benzene rings is 3. The van der Waals surface area contributed by atoms with E-state index < -0.39 is 11.9 Å². The molecule has 0 fully saturated rings. The van der Waals surface area contributed by atoms with Crippen molar-refractivity contribution in [1.82, 2.24) is 9.88 Å². The number of carbonyl (C=O) groups excluding carboxylic acids is 1. The van der Waals surface area contributed by atoms with Gasteiger partial charge >= 0.3 is 6.09 Å². The lowest BCUT2D eigenvalue weighted by Gasteiger charge is -2.15. The van der Waals surface area contributed by atoms with Gasteiger partial charge in [0.15, 0.2) is 11.4 Å². The number of nitriles is 1. The third-order valence-electron chi connectivity index (χ3n) is 5.14. The molecule has 32 heavy (non-hydrogen) atoms. The molecule has 0 atom stereocenters. The summed E-state index contributed by atoms with van der Waals surface area (Å²) in [5.41, 5.74) is 2.56. The molecule has 0 N–H and O–H groups in total. The molecule has 0 aliphatic rings. The fraction of sp³-hybridized carbons (Fsp3) is 0.160. The maximum atomic E-state index is 15.4. The molecule has 0 unspecified atom stereocenters. The number of aromatic nitrogens is 1. The zero-order chi connectivity index (χ0) is 22.7. The third kappa shape index (κ3) is 4.03. The fourth-order valence-electron chi connectivity index (χ4n) is 3.51. The molecule has 4 rings (SSSR count). The van der Waals surface area contributed by atoms with Gasteiger partial charge in [0.05, 0.1) is 5.56 Å². The van der Waals surface area contributed by atoms with Crippen molar-refractivity contribution in [2.24, 2.45) is 0 Å². The second-order valence-corrected chi connectivity index (χ2v) is 7.35. The summed E-state index contributed by atoms with van der Waals surface area (Å²) in [5.74, 6) is -0.477. The average Bonchev–Trinajstić information content (AvgIpc) is 3.23. The van der Waals surface area contributed by atoms with Gasteiger partial charge in [-0.05, 0) is 23.6 Å². The van der Waals surface area contributed by atoms with Crippen LogP contribution < -0.4 is 0 Å². The molecule has 0 radical (unpaired) electrons. The molecule has 7 heteroatoms. The summed E-state index contributed by atoms with van der Waals surface area (Å²) >= 11 is 0. The van der Waals surface area contributed by atoms with Crippen LogP contribution in [0, 0.1) is 24.1 Å². The van der Waals surface area contributed by atoms with Crippen LogP contribution >= 0.6 is 0 Å². The Kier molecular flexibility index (Phi) is 5.86. The molecule has 1 amide bonds. The number of hydrogen-bond donors (Lipinski definition) is 0. The Bertz CT molecular complexity index is 1310. The number of fused-ring (bicyclic) bond motifs is 1. The summed E-state index contributed by atoms with van der Waals surface area (Å²) in [6.07, 6.45) is -0.571. The Morgan fingerprint density at radius 3 is 2.47 bits per heavy atom. The minimum absolute atomic E-state index is 0.0354. The lowest BCUT2D eigenvalue weighted by Crippen LogP contribution is -2.27. The molecular weight excluding hydrogens is 409 g/mol. The van der Waals surface area contributed by atoms with Crippen molar-refractivity contribution in [2.45, 2.75) is 20.1 Å². The number of halogens is 1. The summed E-state index contributed by atoms with van der Waals surface area (Å²) < 4.78 is 26.3. The number of carbonyl (C=O) groups is 1. The van der Waals surface area contributed by atoms with E-state index in [1.807, 2.05) is 36.4 Å². The van der Waals surface area contributed by atoms with Gasteiger partial charge in [0.1, 0.15) is 24.7 Å². The number of rotatable bonds is 5. The smallest absolute Gasteiger partial charge is 0.410 e. The molecule has 0 aliphatic heterocycles. The van der Waals surface area contributed by atoms with Crippen LogP contribution in [0.3, 0.4) is 0 Å². The van der Waals surface area contributed by atoms with Crippen LogP contribution in [-0.4, -0.2) is 23.0 Å². The van der Waals surface area contributed by atoms with Crippen LogP contribution in [0.1, 0.15) is 22.6 Å². The van der Waals surface area contributed by atoms with Gasteiger partial charge in [0.25, 0.3) is 0 Å². The minimum atomic E-state index is -0.587. The SMILES string of the molecule is Cc1c(-c2ccccc2)c(F)c2oc(CN(C)C(=O)OCc3ccccc3)nc2c1C#N. The summed E-state index contributed by atoms with van der Waals surface area (Å²) in [5, 5.41) is 9.70. The van der Waals surface area contributed by atoms with E-state index in [1.54, 1.807) is 31.2 Å². The Morgan fingerprint density at radius 1 is 1.16 bits per heavy atom. The molecule has 6 nitrogen and oxygen atoms in total. The number of amides is 1. The van der Waals surface area contributed by atoms with Gasteiger partial charge in [-0.25, -0.2) is 14.2 Å². The topological polar surface area (TPSA) is 79.4 Å². The van der Waals surface area contributed by atoms with Crippen molar-refractivity contribution in [3.8, 4) is 17.2 Å². The van der Waals surface area contributed by atoms with E-state index in [-0.39, 0.29) is 35.7 Å². The second kappa shape index (κ2) is 8.90. The largest absolute Gasteiger partial charge is 0.445 e. The monoisotopic (exact) mass is 429 g/mol. The Balaban J connectivity index is 1.61. The molecule has 0 bridgehead atoms. The van der Waals surface area contributed by atoms with Gasteiger partial charge in [-0.1, -0.05) is 60.7 Å². The van der Waals surface area contributed by atoms with Crippen molar-refractivity contribution in [2.75, 3.05) is 7.05 Å². The van der Waals surface area contributed by atoms with Crippen molar-refractivity contribution in [3.63, 3.8) is 0 Å². The summed E-state index contributed by atoms with van der Waals surface area (Å²) in [6, 6.07) is 20.4. The van der Waals surface area contributed by atoms with Gasteiger partial charge < -0.3 is 14.1 Å². The van der Waals surface area contributed by atoms with Crippen molar-refractivity contribution in [1.29, 1.82) is 5.26 Å². The van der Waals surface area contributed by atoms with Crippen LogP contribution in [-0.2, 0) is 17.9 Å². The second-order valence-electron chi connectivity index (χ2n) is 7.35. The fourth-order valence-corrected chi connectivity index (χ4v) is 3.51. The Morgan fingerprint density at radius 2 is 1.81 bits per heavy atom. The van der Waals surface area contributed by atoms with Gasteiger partial charge in [0, 0.05) is 12.6 Å². The first-order valence-electron chi connectivity index (χ1n) is 9.98. The van der Waals surface area contributed by atoms with Crippen LogP contribution in [0.2, 0.25) is 0 Å². The highest BCUT2D eigenvalue weighted by molar-refractivity contribution is 5.89. The van der Waals surface area contributed by atoms with E-state index in [0.717, 1.165) is 5.56 Å². The van der Waals surface area contributed by atoms with Crippen molar-refractivity contribution < 1.29 is 18.3 Å². The molecule has 3 aromatic carbocycles.